The number of thiocarbonyl (C=S) groups is 1. The summed E-state index contributed by atoms with van der Waals surface area (Å²) in [7, 11) is 0. The minimum Gasteiger partial charge on any atom is -0.508 e. The van der Waals surface area contributed by atoms with Gasteiger partial charge >= 0.3 is 0 Å². The van der Waals surface area contributed by atoms with Crippen LogP contribution in [0.5, 0.6) is 5.75 Å². The molecule has 0 atom stereocenters. The van der Waals surface area contributed by atoms with Gasteiger partial charge in [0, 0.05) is 5.56 Å². The van der Waals surface area contributed by atoms with Gasteiger partial charge in [0.1, 0.15) is 11.6 Å². The molecule has 0 radical (unpaired) electrons. The zero-order valence-electron chi connectivity index (χ0n) is 11.5. The third-order valence-electron chi connectivity index (χ3n) is 2.93. The van der Waals surface area contributed by atoms with E-state index in [1.165, 1.54) is 35.6 Å². The second-order valence-corrected chi connectivity index (χ2v) is 6.03. The van der Waals surface area contributed by atoms with Gasteiger partial charge in [0.2, 0.25) is 0 Å². The lowest BCUT2D eigenvalue weighted by atomic mass is 10.2. The maximum absolute atomic E-state index is 12.8. The number of phenolic OH excluding ortho intramolecular Hbond substituents is 1. The minimum absolute atomic E-state index is 0.0857. The van der Waals surface area contributed by atoms with Crippen LogP contribution in [0, 0.1) is 5.82 Å². The molecule has 1 heterocycles. The molecule has 0 saturated heterocycles. The van der Waals surface area contributed by atoms with Crippen molar-refractivity contribution in [3.8, 4) is 5.75 Å². The molecule has 0 fully saturated rings. The molecule has 3 N–H and O–H groups in total. The number of hydrogen-bond donors (Lipinski definition) is 3. The second-order valence-electron chi connectivity index (χ2n) is 4.59. The summed E-state index contributed by atoms with van der Waals surface area (Å²) in [4.78, 5) is 16.3. The van der Waals surface area contributed by atoms with Gasteiger partial charge in [-0.25, -0.2) is 9.37 Å². The lowest BCUT2D eigenvalue weighted by molar-refractivity contribution is 0.0977. The van der Waals surface area contributed by atoms with Crippen LogP contribution in [-0.4, -0.2) is 21.1 Å². The van der Waals surface area contributed by atoms with Crippen LogP contribution in [0.25, 0.3) is 10.2 Å². The number of benzene rings is 2. The standard InChI is InChI=1S/C15H10FN3O2S2/c16-9-3-1-8(2-4-9)13(21)18-14(22)19-15-17-11-6-5-10(20)7-12(11)23-15/h1-7,20H,(H2,17,18,19,21,22). The largest absolute Gasteiger partial charge is 0.508 e. The van der Waals surface area contributed by atoms with Crippen LogP contribution < -0.4 is 10.6 Å². The number of anilines is 1. The van der Waals surface area contributed by atoms with Gasteiger partial charge in [0.15, 0.2) is 10.2 Å². The first-order valence-corrected chi connectivity index (χ1v) is 7.71. The fourth-order valence-electron chi connectivity index (χ4n) is 1.87. The first-order chi connectivity index (χ1) is 11.0. The topological polar surface area (TPSA) is 74.2 Å². The van der Waals surface area contributed by atoms with E-state index in [4.69, 9.17) is 12.2 Å². The third-order valence-corrected chi connectivity index (χ3v) is 4.06. The molecule has 0 aliphatic rings. The summed E-state index contributed by atoms with van der Waals surface area (Å²) in [5.74, 6) is -0.707. The van der Waals surface area contributed by atoms with Crippen molar-refractivity contribution >= 4 is 49.9 Å². The van der Waals surface area contributed by atoms with E-state index in [2.05, 4.69) is 15.6 Å². The van der Waals surface area contributed by atoms with Crippen molar-refractivity contribution in [2.75, 3.05) is 5.32 Å². The lowest BCUT2D eigenvalue weighted by Crippen LogP contribution is -2.34. The summed E-state index contributed by atoms with van der Waals surface area (Å²) in [5.41, 5.74) is 1.01. The predicted octanol–water partition coefficient (Wildman–Crippen LogP) is 3.27. The molecule has 3 rings (SSSR count). The number of carbonyl (C=O) groups excluding carboxylic acids is 1. The number of phenols is 1. The first-order valence-electron chi connectivity index (χ1n) is 6.49. The zero-order valence-corrected chi connectivity index (χ0v) is 13.2. The van der Waals surface area contributed by atoms with Gasteiger partial charge in [-0.05, 0) is 54.7 Å². The number of aromatic nitrogens is 1. The maximum atomic E-state index is 12.8. The number of thiazole rings is 1. The van der Waals surface area contributed by atoms with Gasteiger partial charge in [0.05, 0.1) is 10.2 Å². The Morgan fingerprint density at radius 1 is 1.22 bits per heavy atom. The number of fused-ring (bicyclic) bond motifs is 1. The van der Waals surface area contributed by atoms with Gasteiger partial charge in [-0.3, -0.25) is 10.1 Å². The van der Waals surface area contributed by atoms with Gasteiger partial charge in [-0.1, -0.05) is 11.3 Å². The van der Waals surface area contributed by atoms with Crippen LogP contribution in [0.4, 0.5) is 9.52 Å². The number of amides is 1. The smallest absolute Gasteiger partial charge is 0.257 e. The Balaban J connectivity index is 1.68. The summed E-state index contributed by atoms with van der Waals surface area (Å²) in [6.07, 6.45) is 0. The summed E-state index contributed by atoms with van der Waals surface area (Å²) in [5, 5.41) is 15.3. The second kappa shape index (κ2) is 6.27. The van der Waals surface area contributed by atoms with Crippen LogP contribution in [0.1, 0.15) is 10.4 Å². The highest BCUT2D eigenvalue weighted by Crippen LogP contribution is 2.28. The Bertz CT molecular complexity index is 893. The van der Waals surface area contributed by atoms with Crippen molar-refractivity contribution in [3.05, 3.63) is 53.8 Å². The van der Waals surface area contributed by atoms with Crippen LogP contribution in [-0.2, 0) is 0 Å². The zero-order chi connectivity index (χ0) is 16.4. The predicted molar refractivity (Wildman–Crippen MR) is 91.4 cm³/mol. The van der Waals surface area contributed by atoms with E-state index in [1.807, 2.05) is 0 Å². The number of rotatable bonds is 2. The van der Waals surface area contributed by atoms with E-state index in [9.17, 15) is 14.3 Å². The van der Waals surface area contributed by atoms with E-state index in [0.717, 1.165) is 4.70 Å². The first kappa shape index (κ1) is 15.3. The number of carbonyl (C=O) groups is 1. The molecular formula is C15H10FN3O2S2. The molecule has 23 heavy (non-hydrogen) atoms. The molecule has 3 aromatic rings. The third kappa shape index (κ3) is 3.61. The van der Waals surface area contributed by atoms with Gasteiger partial charge in [-0.2, -0.15) is 0 Å². The van der Waals surface area contributed by atoms with Crippen LogP contribution in [0.3, 0.4) is 0 Å². The highest BCUT2D eigenvalue weighted by atomic mass is 32.1. The Hall–Kier alpha value is -2.58. The van der Waals surface area contributed by atoms with E-state index in [-0.39, 0.29) is 10.9 Å². The molecule has 8 heteroatoms. The van der Waals surface area contributed by atoms with Crippen LogP contribution in [0.2, 0.25) is 0 Å². The van der Waals surface area contributed by atoms with Gasteiger partial charge < -0.3 is 10.4 Å². The highest BCUT2D eigenvalue weighted by molar-refractivity contribution is 7.80. The Morgan fingerprint density at radius 2 is 1.96 bits per heavy atom. The summed E-state index contributed by atoms with van der Waals surface area (Å²) in [6.45, 7) is 0. The van der Waals surface area contributed by atoms with E-state index < -0.39 is 11.7 Å². The molecule has 0 unspecified atom stereocenters. The van der Waals surface area contributed by atoms with Crippen molar-refractivity contribution < 1.29 is 14.3 Å². The molecule has 0 spiro atoms. The van der Waals surface area contributed by atoms with Crippen molar-refractivity contribution in [3.63, 3.8) is 0 Å². The fourth-order valence-corrected chi connectivity index (χ4v) is 3.03. The minimum atomic E-state index is -0.443. The van der Waals surface area contributed by atoms with Crippen molar-refractivity contribution in [2.45, 2.75) is 0 Å². The molecule has 0 aliphatic carbocycles. The number of aromatic hydroxyl groups is 1. The molecule has 0 bridgehead atoms. The average Bonchev–Trinajstić information content (AvgIpc) is 2.88. The quantitative estimate of drug-likeness (QED) is 0.621. The van der Waals surface area contributed by atoms with E-state index in [1.54, 1.807) is 18.2 Å². The van der Waals surface area contributed by atoms with E-state index >= 15 is 0 Å². The number of halogens is 1. The summed E-state index contributed by atoms with van der Waals surface area (Å²) < 4.78 is 13.6. The molecule has 1 amide bonds. The average molecular weight is 347 g/mol. The Kier molecular flexibility index (Phi) is 4.18. The van der Waals surface area contributed by atoms with Crippen molar-refractivity contribution in [1.82, 2.24) is 10.3 Å². The SMILES string of the molecule is O=C(NC(=S)Nc1nc2ccc(O)cc2s1)c1ccc(F)cc1. The molecule has 2 aromatic carbocycles. The molecular weight excluding hydrogens is 337 g/mol. The molecule has 116 valence electrons. The Morgan fingerprint density at radius 3 is 2.70 bits per heavy atom. The van der Waals surface area contributed by atoms with Crippen LogP contribution in [0.15, 0.2) is 42.5 Å². The molecule has 0 aliphatic heterocycles. The normalized spacial score (nSPS) is 10.5. The molecule has 0 saturated carbocycles. The van der Waals surface area contributed by atoms with Gasteiger partial charge in [0.25, 0.3) is 5.91 Å². The fraction of sp³-hybridized carbons (Fsp3) is 0. The number of hydrogen-bond acceptors (Lipinski definition) is 5. The van der Waals surface area contributed by atoms with Crippen molar-refractivity contribution in [2.24, 2.45) is 0 Å². The Labute approximate surface area is 139 Å². The number of nitrogens with zero attached hydrogens (tertiary/aromatic N) is 1. The van der Waals surface area contributed by atoms with Crippen LogP contribution >= 0.6 is 23.6 Å². The highest BCUT2D eigenvalue weighted by Gasteiger charge is 2.10. The van der Waals surface area contributed by atoms with Gasteiger partial charge in [-0.15, -0.1) is 0 Å². The maximum Gasteiger partial charge on any atom is 0.257 e. The molecule has 1 aromatic heterocycles. The van der Waals surface area contributed by atoms with E-state index in [0.29, 0.717) is 16.2 Å². The number of nitrogens with one attached hydrogen (secondary N) is 2. The lowest BCUT2D eigenvalue weighted by Gasteiger charge is -2.06. The monoisotopic (exact) mass is 347 g/mol. The summed E-state index contributed by atoms with van der Waals surface area (Å²) in [6, 6.07) is 9.96. The van der Waals surface area contributed by atoms with Crippen molar-refractivity contribution in [1.29, 1.82) is 0 Å². The molecule has 5 nitrogen and oxygen atoms in total. The summed E-state index contributed by atoms with van der Waals surface area (Å²) >= 11 is 6.36.